The summed E-state index contributed by atoms with van der Waals surface area (Å²) in [6.45, 7) is 24.3. The Hall–Kier alpha value is -1.30. The van der Waals surface area contributed by atoms with Gasteiger partial charge >= 0.3 is 0 Å². The first-order valence-electron chi connectivity index (χ1n) is 6.10. The molecule has 0 fully saturated rings. The van der Waals surface area contributed by atoms with Gasteiger partial charge in [0, 0.05) is 0 Å². The molecule has 0 aromatic rings. The van der Waals surface area contributed by atoms with Crippen LogP contribution < -0.4 is 0 Å². The number of hydrogen-bond acceptors (Lipinski definition) is 0. The molecule has 0 saturated carbocycles. The van der Waals surface area contributed by atoms with Crippen LogP contribution in [0.15, 0.2) is 61.3 Å². The highest BCUT2D eigenvalue weighted by molar-refractivity contribution is 5.22. The maximum absolute atomic E-state index is 3.75. The van der Waals surface area contributed by atoms with Crippen molar-refractivity contribution in [1.82, 2.24) is 0 Å². The van der Waals surface area contributed by atoms with Crippen LogP contribution in [-0.4, -0.2) is 0 Å². The van der Waals surface area contributed by atoms with Crippen molar-refractivity contribution in [3.63, 3.8) is 0 Å². The van der Waals surface area contributed by atoms with Crippen molar-refractivity contribution in [2.45, 2.75) is 48.5 Å². The molecule has 0 aromatic heterocycles. The van der Waals surface area contributed by atoms with Crippen molar-refractivity contribution in [3.8, 4) is 0 Å². The maximum atomic E-state index is 3.75. The molecule has 0 saturated heterocycles. The molecule has 0 radical (unpaired) electrons. The van der Waals surface area contributed by atoms with Gasteiger partial charge in [-0.1, -0.05) is 62.0 Å². The Morgan fingerprint density at radius 2 is 1.12 bits per heavy atom. The van der Waals surface area contributed by atoms with Crippen molar-refractivity contribution in [3.05, 3.63) is 61.3 Å². The highest BCUT2D eigenvalue weighted by Gasteiger charge is 1.75. The van der Waals surface area contributed by atoms with Crippen LogP contribution >= 0.6 is 0 Å². The molecule has 0 nitrogen and oxygen atoms in total. The second-order valence-corrected chi connectivity index (χ2v) is 3.03. The molecule has 0 unspecified atom stereocenters. The van der Waals surface area contributed by atoms with Gasteiger partial charge in [0.2, 0.25) is 0 Å². The monoisotopic (exact) mass is 236 g/mol. The van der Waals surface area contributed by atoms with E-state index in [0.717, 1.165) is 5.57 Å². The van der Waals surface area contributed by atoms with Crippen LogP contribution in [0.5, 0.6) is 0 Å². The summed E-state index contributed by atoms with van der Waals surface area (Å²) in [5, 5.41) is 0. The summed E-state index contributed by atoms with van der Waals surface area (Å²) in [5.41, 5.74) is 2.37. The van der Waals surface area contributed by atoms with Crippen molar-refractivity contribution in [1.29, 1.82) is 0 Å². The molecular formula is C17H32. The van der Waals surface area contributed by atoms with E-state index in [1.165, 1.54) is 5.57 Å². The first kappa shape index (κ1) is 24.8. The fraction of sp³-hybridized carbons (Fsp3) is 0.412. The molecule has 0 spiro atoms. The van der Waals surface area contributed by atoms with E-state index in [4.69, 9.17) is 0 Å². The van der Waals surface area contributed by atoms with Crippen LogP contribution in [0.25, 0.3) is 0 Å². The zero-order valence-corrected chi connectivity index (χ0v) is 13.0. The molecule has 0 atom stereocenters. The summed E-state index contributed by atoms with van der Waals surface area (Å²) in [6, 6.07) is 0. The fourth-order valence-corrected chi connectivity index (χ4v) is 0.370. The summed E-state index contributed by atoms with van der Waals surface area (Å²) in [6.07, 6.45) is 9.64. The topological polar surface area (TPSA) is 0 Å². The molecular weight excluding hydrogens is 204 g/mol. The third-order valence-electron chi connectivity index (χ3n) is 1.09. The third kappa shape index (κ3) is 73.0. The molecule has 0 heteroatoms. The average Bonchev–Trinajstić information content (AvgIpc) is 2.30. The van der Waals surface area contributed by atoms with Crippen LogP contribution in [-0.2, 0) is 0 Å². The molecule has 17 heavy (non-hydrogen) atoms. The SMILES string of the molecule is C=C(C)/C=C\C(C)=C/C.C=CC.C=CC.CC. The van der Waals surface area contributed by atoms with Gasteiger partial charge in [-0.25, -0.2) is 0 Å². The molecule has 0 aliphatic heterocycles. The molecule has 0 rings (SSSR count). The second-order valence-electron chi connectivity index (χ2n) is 3.03. The minimum atomic E-state index is 1.09. The van der Waals surface area contributed by atoms with Crippen molar-refractivity contribution in [2.75, 3.05) is 0 Å². The average molecular weight is 236 g/mol. The summed E-state index contributed by atoms with van der Waals surface area (Å²) >= 11 is 0. The smallest absolute Gasteiger partial charge is 0.0401 e. The zero-order chi connectivity index (χ0) is 14.7. The van der Waals surface area contributed by atoms with Crippen LogP contribution in [0.4, 0.5) is 0 Å². The predicted molar refractivity (Wildman–Crippen MR) is 86.5 cm³/mol. The molecule has 100 valence electrons. The highest BCUT2D eigenvalue weighted by Crippen LogP contribution is 1.97. The molecule has 0 heterocycles. The van der Waals surface area contributed by atoms with Crippen LogP contribution in [0.3, 0.4) is 0 Å². The van der Waals surface area contributed by atoms with E-state index in [1.54, 1.807) is 12.2 Å². The summed E-state index contributed by atoms with van der Waals surface area (Å²) < 4.78 is 0. The molecule has 0 amide bonds. The lowest BCUT2D eigenvalue weighted by atomic mass is 10.2. The Balaban J connectivity index is -0.0000000879. The molecule has 0 aliphatic carbocycles. The van der Waals surface area contributed by atoms with Gasteiger partial charge in [-0.3, -0.25) is 0 Å². The third-order valence-corrected chi connectivity index (χ3v) is 1.09. The quantitative estimate of drug-likeness (QED) is 0.379. The maximum Gasteiger partial charge on any atom is -0.0401 e. The minimum absolute atomic E-state index is 1.09. The van der Waals surface area contributed by atoms with Gasteiger partial charge in [0.15, 0.2) is 0 Å². The van der Waals surface area contributed by atoms with Crippen molar-refractivity contribution < 1.29 is 0 Å². The van der Waals surface area contributed by atoms with Gasteiger partial charge < -0.3 is 0 Å². The van der Waals surface area contributed by atoms with Crippen LogP contribution in [0.1, 0.15) is 48.5 Å². The largest absolute Gasteiger partial charge is 0.103 e. The Kier molecular flexibility index (Phi) is 42.7. The van der Waals surface area contributed by atoms with Gasteiger partial charge in [0.05, 0.1) is 0 Å². The Labute approximate surface area is 110 Å². The van der Waals surface area contributed by atoms with Crippen LogP contribution in [0, 0.1) is 0 Å². The summed E-state index contributed by atoms with van der Waals surface area (Å²) in [7, 11) is 0. The number of allylic oxidation sites excluding steroid dienone is 7. The van der Waals surface area contributed by atoms with Crippen molar-refractivity contribution >= 4 is 0 Å². The van der Waals surface area contributed by atoms with Crippen LogP contribution in [0.2, 0.25) is 0 Å². The van der Waals surface area contributed by atoms with E-state index < -0.39 is 0 Å². The van der Waals surface area contributed by atoms with E-state index in [-0.39, 0.29) is 0 Å². The molecule has 0 bridgehead atoms. The van der Waals surface area contributed by atoms with Gasteiger partial charge in [0.1, 0.15) is 0 Å². The first-order valence-corrected chi connectivity index (χ1v) is 6.10. The van der Waals surface area contributed by atoms with Gasteiger partial charge in [0.25, 0.3) is 0 Å². The summed E-state index contributed by atoms with van der Waals surface area (Å²) in [5.74, 6) is 0. The Morgan fingerprint density at radius 1 is 0.824 bits per heavy atom. The lowest BCUT2D eigenvalue weighted by Gasteiger charge is -1.86. The number of rotatable bonds is 2. The van der Waals surface area contributed by atoms with E-state index in [1.807, 2.05) is 47.6 Å². The lowest BCUT2D eigenvalue weighted by Crippen LogP contribution is -1.65. The normalized spacial score (nSPS) is 8.53. The fourth-order valence-electron chi connectivity index (χ4n) is 0.370. The second kappa shape index (κ2) is 29.3. The van der Waals surface area contributed by atoms with E-state index in [9.17, 15) is 0 Å². The minimum Gasteiger partial charge on any atom is -0.103 e. The Morgan fingerprint density at radius 3 is 1.29 bits per heavy atom. The van der Waals surface area contributed by atoms with Gasteiger partial charge in [-0.2, -0.15) is 0 Å². The standard InChI is InChI=1S/C9H14.2C3H6.C2H6/c1-5-9(4)7-6-8(2)3;2*1-3-2;1-2/h5-7H,2H2,1,3-4H3;2*3H,1H2,2H3;1-2H3/b7-6-,9-5-;;;. The van der Waals surface area contributed by atoms with Crippen molar-refractivity contribution in [2.24, 2.45) is 0 Å². The van der Waals surface area contributed by atoms with Gasteiger partial charge in [-0.15, -0.1) is 13.2 Å². The number of hydrogen-bond donors (Lipinski definition) is 0. The van der Waals surface area contributed by atoms with E-state index >= 15 is 0 Å². The van der Waals surface area contributed by atoms with E-state index in [2.05, 4.69) is 38.8 Å². The van der Waals surface area contributed by atoms with E-state index in [0.29, 0.717) is 0 Å². The Bertz CT molecular complexity index is 208. The lowest BCUT2D eigenvalue weighted by molar-refractivity contribution is 1.45. The van der Waals surface area contributed by atoms with Gasteiger partial charge in [-0.05, 0) is 34.6 Å². The first-order chi connectivity index (χ1) is 7.99. The zero-order valence-electron chi connectivity index (χ0n) is 13.0. The molecule has 0 N–H and O–H groups in total. The summed E-state index contributed by atoms with van der Waals surface area (Å²) in [4.78, 5) is 0. The predicted octanol–water partition coefficient (Wildman–Crippen LogP) is 6.50. The molecule has 0 aliphatic rings. The highest BCUT2D eigenvalue weighted by atomic mass is 13.8. The molecule has 0 aromatic carbocycles.